The molecule has 0 radical (unpaired) electrons. The zero-order valence-electron chi connectivity index (χ0n) is 8.02. The Morgan fingerprint density at radius 1 is 1.27 bits per heavy atom. The van der Waals surface area contributed by atoms with E-state index < -0.39 is 12.0 Å². The van der Waals surface area contributed by atoms with Crippen LogP contribution in [0.3, 0.4) is 0 Å². The molecule has 1 rings (SSSR count). The monoisotopic (exact) mass is 273 g/mol. The van der Waals surface area contributed by atoms with Crippen LogP contribution in [-0.4, -0.2) is 22.9 Å². The summed E-state index contributed by atoms with van der Waals surface area (Å²) in [6.07, 6.45) is -0.228. The minimum atomic E-state index is -1.01. The van der Waals surface area contributed by atoms with Crippen molar-refractivity contribution in [3.8, 4) is 0 Å². The molecule has 0 aliphatic rings. The van der Waals surface area contributed by atoms with Gasteiger partial charge in [0.2, 0.25) is 5.78 Å². The third-order valence-electron chi connectivity index (χ3n) is 1.85. The molecule has 0 saturated carbocycles. The maximum absolute atomic E-state index is 11.6. The molecule has 15 heavy (non-hydrogen) atoms. The summed E-state index contributed by atoms with van der Waals surface area (Å²) < 4.78 is 0. The third-order valence-corrected chi connectivity index (χ3v) is 1.85. The predicted molar refractivity (Wildman–Crippen MR) is 49.7 cm³/mol. The number of carboxylic acids is 1. The van der Waals surface area contributed by atoms with Crippen LogP contribution in [0, 0.1) is 0 Å². The van der Waals surface area contributed by atoms with E-state index in [1.54, 1.807) is 30.3 Å². The number of benzene rings is 1. The van der Waals surface area contributed by atoms with Crippen LogP contribution in [0.4, 0.5) is 0 Å². The highest BCUT2D eigenvalue weighted by Gasteiger charge is 2.21. The van der Waals surface area contributed by atoms with E-state index in [4.69, 9.17) is 5.11 Å². The number of Topliss-reactive ketones (excluding diaryl/α,β-unsaturated/α-hetero) is 1. The Bertz CT molecular complexity index is 340. The molecule has 1 aromatic carbocycles. The van der Waals surface area contributed by atoms with E-state index in [0.29, 0.717) is 5.56 Å². The van der Waals surface area contributed by atoms with Crippen LogP contribution in [0.1, 0.15) is 16.8 Å². The van der Waals surface area contributed by atoms with Gasteiger partial charge in [-0.2, -0.15) is 0 Å². The lowest BCUT2D eigenvalue weighted by molar-refractivity contribution is -0.398. The van der Waals surface area contributed by atoms with E-state index in [9.17, 15) is 9.59 Å². The fourth-order valence-corrected chi connectivity index (χ4v) is 1.14. The van der Waals surface area contributed by atoms with Crippen LogP contribution in [0.25, 0.3) is 0 Å². The lowest BCUT2D eigenvalue weighted by Gasteiger charge is -2.03. The Hall–Kier alpha value is -1.20. The molecule has 0 bridgehead atoms. The molecule has 0 fully saturated rings. The Kier molecular flexibility index (Phi) is 5.81. The van der Waals surface area contributed by atoms with Gasteiger partial charge in [-0.15, -0.1) is 0 Å². The number of aliphatic carboxylic acids is 1. The number of carbonyl (C=O) groups is 2. The fraction of sp³-hybridized carbons (Fsp3) is 0.200. The van der Waals surface area contributed by atoms with Crippen molar-refractivity contribution >= 4 is 11.8 Å². The molecule has 0 saturated heterocycles. The summed E-state index contributed by atoms with van der Waals surface area (Å²) in [5, 5.41) is 8.49. The predicted octanol–water partition coefficient (Wildman–Crippen LogP) is -3.04. The van der Waals surface area contributed by atoms with Crippen LogP contribution in [0.5, 0.6) is 0 Å². The van der Waals surface area contributed by atoms with Gasteiger partial charge in [-0.05, 0) is 0 Å². The molecule has 82 valence electrons. The van der Waals surface area contributed by atoms with Gasteiger partial charge in [0.1, 0.15) is 6.42 Å². The second-order valence-corrected chi connectivity index (χ2v) is 3.03. The van der Waals surface area contributed by atoms with Crippen LogP contribution < -0.4 is 22.7 Å². The second-order valence-electron chi connectivity index (χ2n) is 3.03. The quantitative estimate of drug-likeness (QED) is 0.573. The molecule has 4 N–H and O–H groups in total. The lowest BCUT2D eigenvalue weighted by Crippen LogP contribution is -3.00. The van der Waals surface area contributed by atoms with E-state index in [-0.39, 0.29) is 29.2 Å². The number of hydrogen-bond acceptors (Lipinski definition) is 2. The average Bonchev–Trinajstić information content (AvgIpc) is 2.17. The summed E-state index contributed by atoms with van der Waals surface area (Å²) in [7, 11) is 0. The highest BCUT2D eigenvalue weighted by Crippen LogP contribution is 2.03. The summed E-state index contributed by atoms with van der Waals surface area (Å²) in [6.45, 7) is 0. The maximum atomic E-state index is 11.6. The average molecular weight is 274 g/mol. The Morgan fingerprint density at radius 3 is 2.27 bits per heavy atom. The molecular formula is C10H12BrNO3. The van der Waals surface area contributed by atoms with Gasteiger partial charge in [-0.3, -0.25) is 9.59 Å². The second kappa shape index (κ2) is 6.31. The smallest absolute Gasteiger partial charge is 0.309 e. The first-order chi connectivity index (χ1) is 6.61. The van der Waals surface area contributed by atoms with Crippen LogP contribution in [0.2, 0.25) is 0 Å². The number of halogens is 1. The Labute approximate surface area is 97.9 Å². The van der Waals surface area contributed by atoms with Crippen molar-refractivity contribution in [3.05, 3.63) is 35.9 Å². The molecule has 0 heterocycles. The number of ketones is 1. The topological polar surface area (TPSA) is 82.0 Å². The molecular weight excluding hydrogens is 262 g/mol. The van der Waals surface area contributed by atoms with E-state index in [1.807, 2.05) is 0 Å². The summed E-state index contributed by atoms with van der Waals surface area (Å²) in [5.74, 6) is -1.23. The molecule has 0 amide bonds. The third kappa shape index (κ3) is 4.22. The largest absolute Gasteiger partial charge is 1.00 e. The molecule has 5 heteroatoms. The lowest BCUT2D eigenvalue weighted by atomic mass is 10.0. The first kappa shape index (κ1) is 13.8. The molecule has 0 aromatic heterocycles. The van der Waals surface area contributed by atoms with Crippen molar-refractivity contribution in [1.82, 2.24) is 0 Å². The van der Waals surface area contributed by atoms with Gasteiger partial charge < -0.3 is 27.8 Å². The van der Waals surface area contributed by atoms with Gasteiger partial charge in [-0.1, -0.05) is 30.3 Å². The molecule has 0 unspecified atom stereocenters. The molecule has 0 aliphatic heterocycles. The van der Waals surface area contributed by atoms with Crippen LogP contribution in [-0.2, 0) is 4.79 Å². The van der Waals surface area contributed by atoms with Crippen LogP contribution >= 0.6 is 0 Å². The number of carboxylic acid groups (broad SMARTS) is 1. The molecule has 0 aliphatic carbocycles. The summed E-state index contributed by atoms with van der Waals surface area (Å²) in [5.41, 5.74) is 4.03. The van der Waals surface area contributed by atoms with Crippen molar-refractivity contribution in [3.63, 3.8) is 0 Å². The number of rotatable bonds is 4. The normalized spacial score (nSPS) is 11.3. The van der Waals surface area contributed by atoms with Gasteiger partial charge in [0, 0.05) is 5.56 Å². The number of hydrogen-bond donors (Lipinski definition) is 2. The summed E-state index contributed by atoms with van der Waals surface area (Å²) in [6, 6.07) is 7.87. The van der Waals surface area contributed by atoms with Crippen molar-refractivity contribution in [2.45, 2.75) is 12.5 Å². The minimum absolute atomic E-state index is 0. The first-order valence-corrected chi connectivity index (χ1v) is 4.25. The van der Waals surface area contributed by atoms with Gasteiger partial charge in [-0.25, -0.2) is 0 Å². The van der Waals surface area contributed by atoms with Crippen molar-refractivity contribution in [2.75, 3.05) is 0 Å². The van der Waals surface area contributed by atoms with Gasteiger partial charge in [0.15, 0.2) is 6.04 Å². The van der Waals surface area contributed by atoms with Crippen LogP contribution in [0.15, 0.2) is 30.3 Å². The summed E-state index contributed by atoms with van der Waals surface area (Å²) in [4.78, 5) is 21.9. The first-order valence-electron chi connectivity index (χ1n) is 4.25. The fourth-order valence-electron chi connectivity index (χ4n) is 1.14. The minimum Gasteiger partial charge on any atom is -1.00 e. The SMILES string of the molecule is [Br-].[NH3+][C@@H](CC(=O)O)C(=O)c1ccccc1. The van der Waals surface area contributed by atoms with Gasteiger partial charge in [0.05, 0.1) is 0 Å². The highest BCUT2D eigenvalue weighted by molar-refractivity contribution is 6.00. The van der Waals surface area contributed by atoms with Gasteiger partial charge >= 0.3 is 5.97 Å². The van der Waals surface area contributed by atoms with E-state index in [1.165, 1.54) is 0 Å². The van der Waals surface area contributed by atoms with E-state index in [0.717, 1.165) is 0 Å². The van der Waals surface area contributed by atoms with Crippen molar-refractivity contribution in [2.24, 2.45) is 0 Å². The maximum Gasteiger partial charge on any atom is 0.309 e. The number of carbonyl (C=O) groups excluding carboxylic acids is 1. The summed E-state index contributed by atoms with van der Waals surface area (Å²) >= 11 is 0. The van der Waals surface area contributed by atoms with Crippen molar-refractivity contribution < 1.29 is 37.4 Å². The van der Waals surface area contributed by atoms with Gasteiger partial charge in [0.25, 0.3) is 0 Å². The Morgan fingerprint density at radius 2 is 1.80 bits per heavy atom. The molecule has 1 aromatic rings. The van der Waals surface area contributed by atoms with E-state index >= 15 is 0 Å². The standard InChI is InChI=1S/C10H11NO3.BrH/c11-8(6-9(12)13)10(14)7-4-2-1-3-5-7;/h1-5,8H,6,11H2,(H,12,13);1H/t8-;/m0./s1. The number of quaternary nitrogens is 1. The zero-order valence-corrected chi connectivity index (χ0v) is 9.61. The molecule has 1 atom stereocenters. The molecule has 0 spiro atoms. The van der Waals surface area contributed by atoms with Crippen molar-refractivity contribution in [1.29, 1.82) is 0 Å². The highest BCUT2D eigenvalue weighted by atomic mass is 79.9. The zero-order chi connectivity index (χ0) is 10.6. The Balaban J connectivity index is 0.00000196. The molecule has 4 nitrogen and oxygen atoms in total. The van der Waals surface area contributed by atoms with E-state index in [2.05, 4.69) is 5.73 Å².